The second-order valence-corrected chi connectivity index (χ2v) is 4.25. The Hall–Kier alpha value is -2.16. The van der Waals surface area contributed by atoms with Crippen molar-refractivity contribution in [2.75, 3.05) is 0 Å². The first kappa shape index (κ1) is 10.0. The fourth-order valence-corrected chi connectivity index (χ4v) is 2.06. The van der Waals surface area contributed by atoms with Gasteiger partial charge in [-0.2, -0.15) is 0 Å². The zero-order valence-electron chi connectivity index (χ0n) is 9.88. The summed E-state index contributed by atoms with van der Waals surface area (Å²) < 4.78 is 2.03. The Bertz CT molecular complexity index is 683. The van der Waals surface area contributed by atoms with E-state index in [0.717, 1.165) is 11.0 Å². The molecule has 3 aromatic rings. The van der Waals surface area contributed by atoms with Crippen LogP contribution in [-0.4, -0.2) is 14.5 Å². The maximum absolute atomic E-state index is 4.32. The highest BCUT2D eigenvalue weighted by Crippen LogP contribution is 2.25. The van der Waals surface area contributed by atoms with Crippen molar-refractivity contribution in [3.8, 4) is 11.1 Å². The van der Waals surface area contributed by atoms with E-state index in [0.29, 0.717) is 0 Å². The predicted molar refractivity (Wildman–Crippen MR) is 68.7 cm³/mol. The molecule has 0 aliphatic heterocycles. The minimum absolute atomic E-state index is 1.03. The molecule has 0 saturated heterocycles. The quantitative estimate of drug-likeness (QED) is 0.635. The molecule has 0 fully saturated rings. The molecular weight excluding hydrogens is 210 g/mol. The standard InChI is InChI=1S/C14H13N3/c1-10-5-6-15-8-12(10)11-3-4-13-14(7-11)17(2)9-16-13/h3-9H,1-2H3. The van der Waals surface area contributed by atoms with Gasteiger partial charge in [0.15, 0.2) is 0 Å². The number of hydrogen-bond acceptors (Lipinski definition) is 2. The van der Waals surface area contributed by atoms with Gasteiger partial charge in [-0.15, -0.1) is 0 Å². The van der Waals surface area contributed by atoms with Gasteiger partial charge in [-0.1, -0.05) is 6.07 Å². The van der Waals surface area contributed by atoms with E-state index >= 15 is 0 Å². The van der Waals surface area contributed by atoms with Crippen molar-refractivity contribution in [2.45, 2.75) is 6.92 Å². The lowest BCUT2D eigenvalue weighted by Gasteiger charge is -2.05. The van der Waals surface area contributed by atoms with Gasteiger partial charge in [0.25, 0.3) is 0 Å². The van der Waals surface area contributed by atoms with E-state index in [1.54, 1.807) is 0 Å². The third-order valence-electron chi connectivity index (χ3n) is 3.08. The molecule has 2 heterocycles. The van der Waals surface area contributed by atoms with Gasteiger partial charge in [0.2, 0.25) is 0 Å². The molecule has 2 aromatic heterocycles. The Labute approximate surface area is 99.8 Å². The van der Waals surface area contributed by atoms with Gasteiger partial charge < -0.3 is 4.57 Å². The molecule has 1 aromatic carbocycles. The van der Waals surface area contributed by atoms with Crippen LogP contribution < -0.4 is 0 Å². The number of rotatable bonds is 1. The zero-order valence-corrected chi connectivity index (χ0v) is 9.88. The first-order chi connectivity index (χ1) is 8.25. The summed E-state index contributed by atoms with van der Waals surface area (Å²) >= 11 is 0. The topological polar surface area (TPSA) is 30.7 Å². The van der Waals surface area contributed by atoms with Crippen molar-refractivity contribution in [1.29, 1.82) is 0 Å². The molecule has 0 N–H and O–H groups in total. The number of fused-ring (bicyclic) bond motifs is 1. The van der Waals surface area contributed by atoms with Crippen molar-refractivity contribution in [1.82, 2.24) is 14.5 Å². The lowest BCUT2D eigenvalue weighted by molar-refractivity contribution is 0.948. The smallest absolute Gasteiger partial charge is 0.0955 e. The van der Waals surface area contributed by atoms with Crippen LogP contribution in [-0.2, 0) is 7.05 Å². The molecule has 0 aliphatic carbocycles. The van der Waals surface area contributed by atoms with E-state index in [2.05, 4.69) is 35.1 Å². The molecule has 0 unspecified atom stereocenters. The third-order valence-corrected chi connectivity index (χ3v) is 3.08. The fraction of sp³-hybridized carbons (Fsp3) is 0.143. The van der Waals surface area contributed by atoms with Gasteiger partial charge in [0, 0.05) is 25.0 Å². The Balaban J connectivity index is 2.24. The lowest BCUT2D eigenvalue weighted by Crippen LogP contribution is -1.87. The summed E-state index contributed by atoms with van der Waals surface area (Å²) in [6.07, 6.45) is 5.57. The average molecular weight is 223 g/mol. The van der Waals surface area contributed by atoms with Crippen LogP contribution in [0.15, 0.2) is 43.0 Å². The van der Waals surface area contributed by atoms with Crippen molar-refractivity contribution < 1.29 is 0 Å². The summed E-state index contributed by atoms with van der Waals surface area (Å²) in [6, 6.07) is 8.34. The van der Waals surface area contributed by atoms with Crippen molar-refractivity contribution in [2.24, 2.45) is 7.05 Å². The number of aromatic nitrogens is 3. The molecule has 0 atom stereocenters. The maximum atomic E-state index is 4.32. The van der Waals surface area contributed by atoms with Gasteiger partial charge in [-0.3, -0.25) is 4.98 Å². The number of aryl methyl sites for hydroxylation is 2. The summed E-state index contributed by atoms with van der Waals surface area (Å²) in [5.41, 5.74) is 5.77. The van der Waals surface area contributed by atoms with Crippen molar-refractivity contribution in [3.05, 3.63) is 48.5 Å². The molecule has 0 spiro atoms. The highest BCUT2D eigenvalue weighted by Gasteiger charge is 2.05. The first-order valence-corrected chi connectivity index (χ1v) is 5.58. The molecule has 0 saturated carbocycles. The van der Waals surface area contributed by atoms with Crippen LogP contribution in [0.3, 0.4) is 0 Å². The highest BCUT2D eigenvalue weighted by atomic mass is 15.0. The third kappa shape index (κ3) is 1.60. The van der Waals surface area contributed by atoms with E-state index in [-0.39, 0.29) is 0 Å². The number of benzene rings is 1. The summed E-state index contributed by atoms with van der Waals surface area (Å²) in [6.45, 7) is 2.10. The number of imidazole rings is 1. The second kappa shape index (κ2) is 3.70. The Morgan fingerprint density at radius 1 is 1.18 bits per heavy atom. The van der Waals surface area contributed by atoms with E-state index in [1.807, 2.05) is 36.4 Å². The second-order valence-electron chi connectivity index (χ2n) is 4.25. The molecule has 0 amide bonds. The monoisotopic (exact) mass is 223 g/mol. The van der Waals surface area contributed by atoms with Crippen LogP contribution in [0, 0.1) is 6.92 Å². The largest absolute Gasteiger partial charge is 0.334 e. The molecular formula is C14H13N3. The summed E-state index contributed by atoms with van der Waals surface area (Å²) in [5, 5.41) is 0. The first-order valence-electron chi connectivity index (χ1n) is 5.58. The van der Waals surface area contributed by atoms with E-state index in [1.165, 1.54) is 16.7 Å². The summed E-state index contributed by atoms with van der Waals surface area (Å²) in [4.78, 5) is 8.51. The van der Waals surface area contributed by atoms with Crippen molar-refractivity contribution in [3.63, 3.8) is 0 Å². The van der Waals surface area contributed by atoms with Crippen LogP contribution in [0.2, 0.25) is 0 Å². The molecule has 3 heteroatoms. The zero-order chi connectivity index (χ0) is 11.8. The Morgan fingerprint density at radius 3 is 2.88 bits per heavy atom. The van der Waals surface area contributed by atoms with Gasteiger partial charge >= 0.3 is 0 Å². The molecule has 0 bridgehead atoms. The molecule has 17 heavy (non-hydrogen) atoms. The van der Waals surface area contributed by atoms with Crippen LogP contribution >= 0.6 is 0 Å². The van der Waals surface area contributed by atoms with Crippen LogP contribution in [0.25, 0.3) is 22.2 Å². The van der Waals surface area contributed by atoms with E-state index in [4.69, 9.17) is 0 Å². The van der Waals surface area contributed by atoms with Crippen molar-refractivity contribution >= 4 is 11.0 Å². The SMILES string of the molecule is Cc1ccncc1-c1ccc2ncn(C)c2c1. The molecule has 84 valence electrons. The molecule has 0 radical (unpaired) electrons. The predicted octanol–water partition coefficient (Wildman–Crippen LogP) is 2.94. The minimum Gasteiger partial charge on any atom is -0.334 e. The number of nitrogens with zero attached hydrogens (tertiary/aromatic N) is 3. The fourth-order valence-electron chi connectivity index (χ4n) is 2.06. The van der Waals surface area contributed by atoms with Gasteiger partial charge in [0.05, 0.1) is 17.4 Å². The van der Waals surface area contributed by atoms with Gasteiger partial charge in [-0.25, -0.2) is 4.98 Å². The highest BCUT2D eigenvalue weighted by molar-refractivity contribution is 5.82. The summed E-state index contributed by atoms with van der Waals surface area (Å²) in [7, 11) is 2.01. The van der Waals surface area contributed by atoms with Crippen LogP contribution in [0.5, 0.6) is 0 Å². The minimum atomic E-state index is 1.03. The number of pyridine rings is 1. The molecule has 3 rings (SSSR count). The summed E-state index contributed by atoms with van der Waals surface area (Å²) in [5.74, 6) is 0. The molecule has 3 nitrogen and oxygen atoms in total. The lowest BCUT2D eigenvalue weighted by atomic mass is 10.0. The van der Waals surface area contributed by atoms with Gasteiger partial charge in [0.1, 0.15) is 0 Å². The Morgan fingerprint density at radius 2 is 2.06 bits per heavy atom. The maximum Gasteiger partial charge on any atom is 0.0955 e. The molecule has 0 aliphatic rings. The van der Waals surface area contributed by atoms with E-state index in [9.17, 15) is 0 Å². The van der Waals surface area contributed by atoms with E-state index < -0.39 is 0 Å². The van der Waals surface area contributed by atoms with Crippen LogP contribution in [0.4, 0.5) is 0 Å². The normalized spacial score (nSPS) is 10.9. The number of hydrogen-bond donors (Lipinski definition) is 0. The Kier molecular flexibility index (Phi) is 2.18. The van der Waals surface area contributed by atoms with Crippen LogP contribution in [0.1, 0.15) is 5.56 Å². The van der Waals surface area contributed by atoms with Gasteiger partial charge in [-0.05, 0) is 36.2 Å². The average Bonchev–Trinajstić information content (AvgIpc) is 2.71.